The van der Waals surface area contributed by atoms with E-state index in [1.54, 1.807) is 14.2 Å². The van der Waals surface area contributed by atoms with E-state index in [-0.39, 0.29) is 6.03 Å². The minimum Gasteiger partial charge on any atom is -0.496 e. The normalized spacial score (nSPS) is 13.9. The Labute approximate surface area is 216 Å². The van der Waals surface area contributed by atoms with Gasteiger partial charge in [-0.25, -0.2) is 4.79 Å². The predicted molar refractivity (Wildman–Crippen MR) is 145 cm³/mol. The van der Waals surface area contributed by atoms with Crippen molar-refractivity contribution in [3.05, 3.63) is 47.5 Å². The van der Waals surface area contributed by atoms with E-state index in [1.165, 1.54) is 5.56 Å². The summed E-state index contributed by atoms with van der Waals surface area (Å²) in [6, 6.07) is 12.1. The molecule has 7 nitrogen and oxygen atoms in total. The van der Waals surface area contributed by atoms with Crippen molar-refractivity contribution in [2.24, 2.45) is 0 Å². The first-order valence-electron chi connectivity index (χ1n) is 13.3. The molecule has 0 atom stereocenters. The number of urea groups is 1. The van der Waals surface area contributed by atoms with Crippen LogP contribution in [0.3, 0.4) is 0 Å². The van der Waals surface area contributed by atoms with Crippen LogP contribution in [0.4, 0.5) is 10.5 Å². The van der Waals surface area contributed by atoms with E-state index >= 15 is 0 Å². The van der Waals surface area contributed by atoms with Crippen LogP contribution in [0.2, 0.25) is 0 Å². The predicted octanol–water partition coefficient (Wildman–Crippen LogP) is 5.95. The lowest BCUT2D eigenvalue weighted by Gasteiger charge is -2.36. The molecule has 0 saturated carbocycles. The van der Waals surface area contributed by atoms with Gasteiger partial charge in [-0.3, -0.25) is 9.80 Å². The maximum Gasteiger partial charge on any atom is 0.324 e. The Morgan fingerprint density at radius 2 is 1.67 bits per heavy atom. The monoisotopic (exact) mass is 497 g/mol. The van der Waals surface area contributed by atoms with Gasteiger partial charge >= 0.3 is 6.03 Å². The molecule has 0 bridgehead atoms. The minimum absolute atomic E-state index is 0.00220. The molecule has 0 N–H and O–H groups in total. The zero-order valence-electron chi connectivity index (χ0n) is 22.7. The number of rotatable bonds is 14. The lowest BCUT2D eigenvalue weighted by molar-refractivity contribution is 0.191. The van der Waals surface area contributed by atoms with Crippen LogP contribution in [0.15, 0.2) is 36.4 Å². The van der Waals surface area contributed by atoms with E-state index in [9.17, 15) is 4.79 Å². The molecule has 2 aromatic rings. The van der Waals surface area contributed by atoms with Crippen molar-refractivity contribution >= 4 is 11.7 Å². The van der Waals surface area contributed by atoms with Crippen LogP contribution in [-0.4, -0.2) is 62.8 Å². The molecule has 0 radical (unpaired) electrons. The molecule has 0 spiro atoms. The number of methoxy groups -OCH3 is 2. The van der Waals surface area contributed by atoms with Crippen molar-refractivity contribution in [3.8, 4) is 17.2 Å². The Morgan fingerprint density at radius 1 is 0.889 bits per heavy atom. The van der Waals surface area contributed by atoms with Crippen LogP contribution in [0.25, 0.3) is 0 Å². The second-order valence-corrected chi connectivity index (χ2v) is 9.21. The molecule has 0 unspecified atom stereocenters. The summed E-state index contributed by atoms with van der Waals surface area (Å²) in [4.78, 5) is 19.6. The van der Waals surface area contributed by atoms with Gasteiger partial charge in [0, 0.05) is 37.0 Å². The molecule has 1 fully saturated rings. The number of benzene rings is 2. The summed E-state index contributed by atoms with van der Waals surface area (Å²) in [6.45, 7) is 12.0. The van der Waals surface area contributed by atoms with Crippen LogP contribution >= 0.6 is 0 Å². The highest BCUT2D eigenvalue weighted by Gasteiger charge is 2.28. The van der Waals surface area contributed by atoms with Crippen LogP contribution in [-0.2, 0) is 13.1 Å². The van der Waals surface area contributed by atoms with Gasteiger partial charge in [0.2, 0.25) is 0 Å². The van der Waals surface area contributed by atoms with Crippen molar-refractivity contribution in [1.29, 1.82) is 0 Å². The summed E-state index contributed by atoms with van der Waals surface area (Å²) < 4.78 is 17.2. The fourth-order valence-corrected chi connectivity index (χ4v) is 4.58. The van der Waals surface area contributed by atoms with E-state index in [4.69, 9.17) is 14.2 Å². The fraction of sp³-hybridized carbons (Fsp3) is 0.552. The zero-order chi connectivity index (χ0) is 25.9. The second kappa shape index (κ2) is 14.0. The molecule has 36 heavy (non-hydrogen) atoms. The molecule has 1 aliphatic heterocycles. The van der Waals surface area contributed by atoms with Crippen LogP contribution < -0.4 is 19.1 Å². The van der Waals surface area contributed by atoms with Gasteiger partial charge in [0.15, 0.2) is 11.5 Å². The number of unbranched alkanes of at least 4 members (excludes halogenated alkanes) is 2. The van der Waals surface area contributed by atoms with E-state index in [1.807, 2.05) is 28.0 Å². The topological polar surface area (TPSA) is 54.5 Å². The lowest BCUT2D eigenvalue weighted by Crippen LogP contribution is -2.49. The van der Waals surface area contributed by atoms with Crippen LogP contribution in [0.5, 0.6) is 17.2 Å². The summed E-state index contributed by atoms with van der Waals surface area (Å²) in [6.07, 6.45) is 4.16. The number of hydrogen-bond acceptors (Lipinski definition) is 5. The van der Waals surface area contributed by atoms with Crippen molar-refractivity contribution in [3.63, 3.8) is 0 Å². The molecule has 2 aromatic carbocycles. The first kappa shape index (κ1) is 27.7. The molecule has 1 aliphatic rings. The van der Waals surface area contributed by atoms with Gasteiger partial charge in [0.05, 0.1) is 27.4 Å². The third-order valence-electron chi connectivity index (χ3n) is 6.79. The third-order valence-corrected chi connectivity index (χ3v) is 6.79. The quantitative estimate of drug-likeness (QED) is 0.302. The highest BCUT2D eigenvalue weighted by molar-refractivity contribution is 5.93. The highest BCUT2D eigenvalue weighted by Crippen LogP contribution is 2.34. The molecular weight excluding hydrogens is 454 g/mol. The van der Waals surface area contributed by atoms with Gasteiger partial charge in [-0.2, -0.15) is 0 Å². The van der Waals surface area contributed by atoms with Crippen molar-refractivity contribution < 1.29 is 19.0 Å². The van der Waals surface area contributed by atoms with Gasteiger partial charge in [-0.1, -0.05) is 45.7 Å². The van der Waals surface area contributed by atoms with Crippen LogP contribution in [0.1, 0.15) is 57.6 Å². The Hall–Kier alpha value is -2.93. The number of amides is 2. The Morgan fingerprint density at radius 3 is 2.36 bits per heavy atom. The number of nitrogens with zero attached hydrogens (tertiary/aromatic N) is 3. The Kier molecular flexibility index (Phi) is 10.7. The molecule has 0 aromatic heterocycles. The van der Waals surface area contributed by atoms with Gasteiger partial charge in [-0.05, 0) is 49.7 Å². The van der Waals surface area contributed by atoms with Gasteiger partial charge in [0.25, 0.3) is 0 Å². The SMILES string of the molecule is CCCCCOc1cc(N2CCCN(Cc3ccc(CN(CC)CC)cc3OC)C2=O)ccc1OC. The average molecular weight is 498 g/mol. The number of carbonyl (C=O) groups excluding carboxylic acids is 1. The van der Waals surface area contributed by atoms with Gasteiger partial charge < -0.3 is 19.1 Å². The summed E-state index contributed by atoms with van der Waals surface area (Å²) in [5, 5.41) is 0. The first-order valence-corrected chi connectivity index (χ1v) is 13.3. The standard InChI is InChI=1S/C29H43N3O4/c1-6-9-10-18-36-28-20-25(14-15-26(28)34-4)32-17-11-16-31(29(32)33)22-24-13-12-23(19-27(24)35-5)21-30(7-2)8-3/h12-15,19-20H,6-11,16-18,21-22H2,1-5H3. The van der Waals surface area contributed by atoms with E-state index < -0.39 is 0 Å². The highest BCUT2D eigenvalue weighted by atomic mass is 16.5. The van der Waals surface area contributed by atoms with Crippen molar-refractivity contribution in [2.45, 2.75) is 59.5 Å². The molecule has 2 amide bonds. The van der Waals surface area contributed by atoms with Crippen molar-refractivity contribution in [1.82, 2.24) is 9.80 Å². The molecule has 1 saturated heterocycles. The largest absolute Gasteiger partial charge is 0.496 e. The smallest absolute Gasteiger partial charge is 0.324 e. The Balaban J connectivity index is 1.74. The summed E-state index contributed by atoms with van der Waals surface area (Å²) >= 11 is 0. The second-order valence-electron chi connectivity index (χ2n) is 9.21. The van der Waals surface area contributed by atoms with E-state index in [0.29, 0.717) is 31.2 Å². The summed E-state index contributed by atoms with van der Waals surface area (Å²) in [5.41, 5.74) is 3.07. The molecule has 0 aliphatic carbocycles. The fourth-order valence-electron chi connectivity index (χ4n) is 4.58. The third kappa shape index (κ3) is 7.06. The maximum absolute atomic E-state index is 13.5. The summed E-state index contributed by atoms with van der Waals surface area (Å²) in [7, 11) is 3.34. The van der Waals surface area contributed by atoms with Crippen LogP contribution in [0, 0.1) is 0 Å². The Bertz CT molecular complexity index is 977. The van der Waals surface area contributed by atoms with Gasteiger partial charge in [-0.15, -0.1) is 0 Å². The molecule has 7 heteroatoms. The number of anilines is 1. The summed E-state index contributed by atoms with van der Waals surface area (Å²) in [5.74, 6) is 2.20. The molecule has 198 valence electrons. The molecule has 1 heterocycles. The van der Waals surface area contributed by atoms with Crippen molar-refractivity contribution in [2.75, 3.05) is 51.9 Å². The average Bonchev–Trinajstić information content (AvgIpc) is 2.91. The molecule has 3 rings (SSSR count). The lowest BCUT2D eigenvalue weighted by atomic mass is 10.1. The van der Waals surface area contributed by atoms with E-state index in [2.05, 4.69) is 43.9 Å². The maximum atomic E-state index is 13.5. The molecular formula is C29H43N3O4. The minimum atomic E-state index is -0.00220. The first-order chi connectivity index (χ1) is 17.5. The number of ether oxygens (including phenoxy) is 3. The zero-order valence-corrected chi connectivity index (χ0v) is 22.7. The van der Waals surface area contributed by atoms with E-state index in [0.717, 1.165) is 68.9 Å². The number of hydrogen-bond donors (Lipinski definition) is 0. The van der Waals surface area contributed by atoms with Gasteiger partial charge in [0.1, 0.15) is 5.75 Å². The number of carbonyl (C=O) groups is 1.